The monoisotopic (exact) mass is 218 g/mol. The molecule has 0 radical (unpaired) electrons. The zero-order valence-electron chi connectivity index (χ0n) is 9.79. The summed E-state index contributed by atoms with van der Waals surface area (Å²) in [7, 11) is 0. The molecule has 0 aromatic carbocycles. The molecule has 2 atom stereocenters. The van der Waals surface area contributed by atoms with E-state index in [1.54, 1.807) is 6.92 Å². The summed E-state index contributed by atoms with van der Waals surface area (Å²) in [4.78, 5) is 11.4. The molecule has 0 aliphatic heterocycles. The number of amides is 1. The van der Waals surface area contributed by atoms with E-state index in [9.17, 15) is 4.79 Å². The number of hydrogen-bond donors (Lipinski definition) is 2. The van der Waals surface area contributed by atoms with E-state index in [0.717, 1.165) is 0 Å². The number of carbonyl (C=O) groups excluding carboxylic acids is 1. The fourth-order valence-electron chi connectivity index (χ4n) is 0.923. The average molecular weight is 218 g/mol. The number of hydrogen-bond acceptors (Lipinski definition) is 4. The summed E-state index contributed by atoms with van der Waals surface area (Å²) in [5.41, 5.74) is 5.38. The van der Waals surface area contributed by atoms with Crippen molar-refractivity contribution in [3.8, 4) is 0 Å². The first-order valence-electron chi connectivity index (χ1n) is 5.31. The summed E-state index contributed by atoms with van der Waals surface area (Å²) >= 11 is 0. The van der Waals surface area contributed by atoms with Gasteiger partial charge in [0.2, 0.25) is 5.91 Å². The minimum atomic E-state index is -0.459. The summed E-state index contributed by atoms with van der Waals surface area (Å²) < 4.78 is 10.4. The van der Waals surface area contributed by atoms with Gasteiger partial charge in [0.25, 0.3) is 0 Å². The number of ether oxygens (including phenoxy) is 2. The summed E-state index contributed by atoms with van der Waals surface area (Å²) in [6.45, 7) is 7.51. The molecule has 0 aromatic heterocycles. The van der Waals surface area contributed by atoms with Crippen LogP contribution in [0.4, 0.5) is 0 Å². The van der Waals surface area contributed by atoms with Gasteiger partial charge < -0.3 is 20.5 Å². The lowest BCUT2D eigenvalue weighted by molar-refractivity contribution is -0.133. The van der Waals surface area contributed by atoms with Crippen LogP contribution in [-0.2, 0) is 14.3 Å². The lowest BCUT2D eigenvalue weighted by atomic mass is 10.3. The molecule has 15 heavy (non-hydrogen) atoms. The molecule has 0 aliphatic rings. The average Bonchev–Trinajstić information content (AvgIpc) is 2.23. The van der Waals surface area contributed by atoms with Crippen LogP contribution in [0.5, 0.6) is 0 Å². The molecule has 0 fully saturated rings. The number of nitrogens with one attached hydrogen (secondary N) is 1. The fourth-order valence-corrected chi connectivity index (χ4v) is 0.923. The number of carbonyl (C=O) groups is 1. The van der Waals surface area contributed by atoms with Crippen molar-refractivity contribution in [2.24, 2.45) is 5.73 Å². The molecule has 0 bridgehead atoms. The summed E-state index contributed by atoms with van der Waals surface area (Å²) in [5, 5.41) is 2.74. The number of rotatable bonds is 8. The predicted octanol–water partition coefficient (Wildman–Crippen LogP) is -0.109. The zero-order chi connectivity index (χ0) is 11.7. The second-order valence-electron chi connectivity index (χ2n) is 3.36. The summed E-state index contributed by atoms with van der Waals surface area (Å²) in [6, 6.07) is -0.0181. The highest BCUT2D eigenvalue weighted by molar-refractivity contribution is 5.80. The second-order valence-corrected chi connectivity index (χ2v) is 3.36. The van der Waals surface area contributed by atoms with E-state index in [-0.39, 0.29) is 11.9 Å². The van der Waals surface area contributed by atoms with E-state index in [2.05, 4.69) is 5.32 Å². The van der Waals surface area contributed by atoms with Crippen LogP contribution in [-0.4, -0.2) is 44.4 Å². The molecule has 0 rings (SSSR count). The van der Waals surface area contributed by atoms with Crippen LogP contribution in [0.3, 0.4) is 0 Å². The Morgan fingerprint density at radius 3 is 2.60 bits per heavy atom. The quantitative estimate of drug-likeness (QED) is 0.558. The van der Waals surface area contributed by atoms with Crippen molar-refractivity contribution in [2.45, 2.75) is 32.9 Å². The maximum Gasteiger partial charge on any atom is 0.249 e. The lowest BCUT2D eigenvalue weighted by Gasteiger charge is -2.16. The van der Waals surface area contributed by atoms with Crippen molar-refractivity contribution >= 4 is 5.91 Å². The normalized spacial score (nSPS) is 14.7. The smallest absolute Gasteiger partial charge is 0.249 e. The molecule has 0 aliphatic carbocycles. The van der Waals surface area contributed by atoms with E-state index in [1.807, 2.05) is 13.8 Å². The first kappa shape index (κ1) is 14.3. The van der Waals surface area contributed by atoms with E-state index in [4.69, 9.17) is 15.2 Å². The standard InChI is InChI=1S/C10H22N2O3/c1-4-14-5-6-15-9(3)10(13)12-8(2)7-11/h8-9H,4-7,11H2,1-3H3,(H,12,13)/t8-,9?/m0/s1. The van der Waals surface area contributed by atoms with Crippen LogP contribution in [0.25, 0.3) is 0 Å². The van der Waals surface area contributed by atoms with Gasteiger partial charge in [-0.1, -0.05) is 0 Å². The molecule has 5 heteroatoms. The maximum atomic E-state index is 11.4. The van der Waals surface area contributed by atoms with Gasteiger partial charge in [0, 0.05) is 19.2 Å². The molecular formula is C10H22N2O3. The molecule has 3 N–H and O–H groups in total. The van der Waals surface area contributed by atoms with Gasteiger partial charge in [0.1, 0.15) is 6.10 Å². The topological polar surface area (TPSA) is 73.6 Å². The highest BCUT2D eigenvalue weighted by Gasteiger charge is 2.14. The summed E-state index contributed by atoms with van der Waals surface area (Å²) in [6.07, 6.45) is -0.459. The molecule has 5 nitrogen and oxygen atoms in total. The Kier molecular flexibility index (Phi) is 8.27. The molecule has 0 aromatic rings. The predicted molar refractivity (Wildman–Crippen MR) is 58.6 cm³/mol. The Hall–Kier alpha value is -0.650. The van der Waals surface area contributed by atoms with Gasteiger partial charge in [-0.3, -0.25) is 4.79 Å². The highest BCUT2D eigenvalue weighted by atomic mass is 16.5. The maximum absolute atomic E-state index is 11.4. The first-order valence-corrected chi connectivity index (χ1v) is 5.31. The van der Waals surface area contributed by atoms with Crippen molar-refractivity contribution in [3.05, 3.63) is 0 Å². The van der Waals surface area contributed by atoms with Crippen molar-refractivity contribution < 1.29 is 14.3 Å². The van der Waals surface area contributed by atoms with Crippen LogP contribution in [0.2, 0.25) is 0 Å². The Bertz CT molecular complexity index is 176. The molecule has 1 amide bonds. The Morgan fingerprint density at radius 1 is 1.40 bits per heavy atom. The molecule has 90 valence electrons. The van der Waals surface area contributed by atoms with Crippen molar-refractivity contribution in [2.75, 3.05) is 26.4 Å². The van der Waals surface area contributed by atoms with Gasteiger partial charge in [-0.15, -0.1) is 0 Å². The molecule has 0 spiro atoms. The summed E-state index contributed by atoms with van der Waals surface area (Å²) in [5.74, 6) is -0.135. The van der Waals surface area contributed by atoms with Crippen molar-refractivity contribution in [1.82, 2.24) is 5.32 Å². The molecule has 0 saturated carbocycles. The molecular weight excluding hydrogens is 196 g/mol. The Labute approximate surface area is 91.3 Å². The van der Waals surface area contributed by atoms with E-state index in [0.29, 0.717) is 26.4 Å². The Balaban J connectivity index is 3.60. The van der Waals surface area contributed by atoms with Crippen LogP contribution < -0.4 is 11.1 Å². The van der Waals surface area contributed by atoms with Gasteiger partial charge in [0.15, 0.2) is 0 Å². The minimum absolute atomic E-state index is 0.0181. The Morgan fingerprint density at radius 2 is 2.07 bits per heavy atom. The van der Waals surface area contributed by atoms with Crippen molar-refractivity contribution in [3.63, 3.8) is 0 Å². The van der Waals surface area contributed by atoms with Gasteiger partial charge >= 0.3 is 0 Å². The highest BCUT2D eigenvalue weighted by Crippen LogP contribution is 1.92. The minimum Gasteiger partial charge on any atom is -0.379 e. The lowest BCUT2D eigenvalue weighted by Crippen LogP contribution is -2.43. The SMILES string of the molecule is CCOCCOC(C)C(=O)N[C@@H](C)CN. The largest absolute Gasteiger partial charge is 0.379 e. The van der Waals surface area contributed by atoms with E-state index >= 15 is 0 Å². The zero-order valence-corrected chi connectivity index (χ0v) is 9.79. The van der Waals surface area contributed by atoms with Crippen molar-refractivity contribution in [1.29, 1.82) is 0 Å². The van der Waals surface area contributed by atoms with E-state index < -0.39 is 6.10 Å². The van der Waals surface area contributed by atoms with Gasteiger partial charge in [-0.2, -0.15) is 0 Å². The van der Waals surface area contributed by atoms with E-state index in [1.165, 1.54) is 0 Å². The first-order chi connectivity index (χ1) is 7.11. The van der Waals surface area contributed by atoms with Crippen LogP contribution in [0.15, 0.2) is 0 Å². The van der Waals surface area contributed by atoms with Gasteiger partial charge in [0.05, 0.1) is 13.2 Å². The third kappa shape index (κ3) is 7.30. The second kappa shape index (κ2) is 8.64. The van der Waals surface area contributed by atoms with Crippen LogP contribution >= 0.6 is 0 Å². The number of nitrogens with two attached hydrogens (primary N) is 1. The molecule has 0 saturated heterocycles. The van der Waals surface area contributed by atoms with Crippen LogP contribution in [0, 0.1) is 0 Å². The molecule has 1 unspecified atom stereocenters. The third-order valence-electron chi connectivity index (χ3n) is 1.91. The fraction of sp³-hybridized carbons (Fsp3) is 0.900. The third-order valence-corrected chi connectivity index (χ3v) is 1.91. The van der Waals surface area contributed by atoms with Gasteiger partial charge in [-0.05, 0) is 20.8 Å². The van der Waals surface area contributed by atoms with Crippen LogP contribution in [0.1, 0.15) is 20.8 Å². The van der Waals surface area contributed by atoms with Gasteiger partial charge in [-0.25, -0.2) is 0 Å². The molecule has 0 heterocycles.